The molecule has 0 rings (SSSR count). The van der Waals surface area contributed by atoms with E-state index in [0.717, 1.165) is 6.71 Å². The zero-order valence-corrected chi connectivity index (χ0v) is 12.1. The molecule has 0 fully saturated rings. The first kappa shape index (κ1) is 20.0. The van der Waals surface area contributed by atoms with E-state index in [0.29, 0.717) is 0 Å². The van der Waals surface area contributed by atoms with Crippen molar-refractivity contribution in [1.82, 2.24) is 0 Å². The summed E-state index contributed by atoms with van der Waals surface area (Å²) in [6, 6.07) is 0. The molecule has 0 bridgehead atoms. The van der Waals surface area contributed by atoms with E-state index in [1.165, 1.54) is 76.7 Å². The van der Waals surface area contributed by atoms with E-state index in [-0.39, 0.29) is 18.9 Å². The number of hydrogen-bond acceptors (Lipinski definition) is 0. The summed E-state index contributed by atoms with van der Waals surface area (Å²) in [5.74, 6) is 0. The summed E-state index contributed by atoms with van der Waals surface area (Å²) in [5, 5.41) is 0. The molecule has 0 heterocycles. The van der Waals surface area contributed by atoms with E-state index in [1.54, 1.807) is 0 Å². The van der Waals surface area contributed by atoms with E-state index >= 15 is 0 Å². The Labute approximate surface area is 123 Å². The van der Waals surface area contributed by atoms with Gasteiger partial charge in [0, 0.05) is 0 Å². The van der Waals surface area contributed by atoms with E-state index in [1.807, 2.05) is 0 Å². The summed E-state index contributed by atoms with van der Waals surface area (Å²) in [6.07, 6.45) is 17.4. The van der Waals surface area contributed by atoms with Crippen LogP contribution in [0.1, 0.15) is 78.6 Å². The predicted octanol–water partition coefficient (Wildman–Crippen LogP) is 5.40. The molecule has 17 heavy (non-hydrogen) atoms. The molecule has 2 heteroatoms. The Hall–Kier alpha value is 0.662. The molecule has 0 saturated heterocycles. The van der Waals surface area contributed by atoms with Crippen molar-refractivity contribution in [3.05, 3.63) is 0 Å². The SMILES string of the molecule is CCCCCB(CCCCC)CCCCC.[LiH]. The molecule has 0 aromatic carbocycles. The molecule has 0 aliphatic heterocycles. The molecule has 0 aliphatic carbocycles. The van der Waals surface area contributed by atoms with Crippen LogP contribution in [0.2, 0.25) is 19.0 Å². The van der Waals surface area contributed by atoms with Gasteiger partial charge in [-0.3, -0.25) is 0 Å². The average Bonchev–Trinajstić information content (AvgIpc) is 2.29. The van der Waals surface area contributed by atoms with Crippen LogP contribution in [0.4, 0.5) is 0 Å². The Bertz CT molecular complexity index is 104. The third-order valence-electron chi connectivity index (χ3n) is 3.65. The molecule has 0 aliphatic rings. The molecule has 0 radical (unpaired) electrons. The number of unbranched alkanes of at least 4 members (excludes halogenated alkanes) is 6. The van der Waals surface area contributed by atoms with E-state index in [9.17, 15) is 0 Å². The van der Waals surface area contributed by atoms with Crippen molar-refractivity contribution in [3.63, 3.8) is 0 Å². The molecule has 0 saturated carbocycles. The molecule has 0 atom stereocenters. The second-order valence-electron chi connectivity index (χ2n) is 5.35. The van der Waals surface area contributed by atoms with E-state index < -0.39 is 0 Å². The molecule has 0 spiro atoms. The molecular formula is C15H34BLi. The van der Waals surface area contributed by atoms with Gasteiger partial charge in [0.25, 0.3) is 0 Å². The Morgan fingerprint density at radius 1 is 0.529 bits per heavy atom. The van der Waals surface area contributed by atoms with Gasteiger partial charge in [-0.2, -0.15) is 0 Å². The van der Waals surface area contributed by atoms with Crippen LogP contribution < -0.4 is 0 Å². The van der Waals surface area contributed by atoms with Crippen molar-refractivity contribution >= 4 is 25.6 Å². The average molecular weight is 232 g/mol. The van der Waals surface area contributed by atoms with Gasteiger partial charge in [-0.1, -0.05) is 97.5 Å². The van der Waals surface area contributed by atoms with E-state index in [2.05, 4.69) is 20.8 Å². The second kappa shape index (κ2) is 16.7. The van der Waals surface area contributed by atoms with Gasteiger partial charge < -0.3 is 0 Å². The summed E-state index contributed by atoms with van der Waals surface area (Å²) >= 11 is 0. The molecule has 98 valence electrons. The molecule has 0 N–H and O–H groups in total. The van der Waals surface area contributed by atoms with Crippen molar-refractivity contribution in [2.45, 2.75) is 97.5 Å². The van der Waals surface area contributed by atoms with Gasteiger partial charge in [0.15, 0.2) is 0 Å². The van der Waals surface area contributed by atoms with Gasteiger partial charge in [0.2, 0.25) is 0 Å². The predicted molar refractivity (Wildman–Crippen MR) is 85.9 cm³/mol. The second-order valence-corrected chi connectivity index (χ2v) is 5.35. The monoisotopic (exact) mass is 232 g/mol. The molecule has 0 aromatic heterocycles. The van der Waals surface area contributed by atoms with Crippen molar-refractivity contribution in [2.75, 3.05) is 0 Å². The fourth-order valence-electron chi connectivity index (χ4n) is 2.48. The Morgan fingerprint density at radius 3 is 1.06 bits per heavy atom. The number of rotatable bonds is 12. The Kier molecular flexibility index (Phi) is 19.6. The third kappa shape index (κ3) is 14.6. The van der Waals surface area contributed by atoms with Gasteiger partial charge in [-0.15, -0.1) is 0 Å². The first-order valence-corrected chi connectivity index (χ1v) is 7.85. The van der Waals surface area contributed by atoms with Crippen LogP contribution >= 0.6 is 0 Å². The quantitative estimate of drug-likeness (QED) is 0.312. The van der Waals surface area contributed by atoms with Gasteiger partial charge in [0.05, 0.1) is 0 Å². The van der Waals surface area contributed by atoms with Crippen molar-refractivity contribution in [3.8, 4) is 0 Å². The third-order valence-corrected chi connectivity index (χ3v) is 3.65. The zero-order valence-electron chi connectivity index (χ0n) is 12.1. The topological polar surface area (TPSA) is 0 Å². The minimum atomic E-state index is 0. The fraction of sp³-hybridized carbons (Fsp3) is 1.00. The Balaban J connectivity index is 0. The fourth-order valence-corrected chi connectivity index (χ4v) is 2.48. The standard InChI is InChI=1S/C15H33B.Li.H/c1-4-7-10-13-16(14-11-8-5-2)15-12-9-6-3;;/h4-15H2,1-3H3;;. The van der Waals surface area contributed by atoms with Gasteiger partial charge in [0.1, 0.15) is 6.71 Å². The maximum absolute atomic E-state index is 2.31. The first-order valence-electron chi connectivity index (χ1n) is 7.85. The normalized spacial score (nSPS) is 10.1. The molecule has 0 nitrogen and oxygen atoms in total. The van der Waals surface area contributed by atoms with Gasteiger partial charge >= 0.3 is 18.9 Å². The minimum absolute atomic E-state index is 0. The van der Waals surface area contributed by atoms with Crippen molar-refractivity contribution < 1.29 is 0 Å². The van der Waals surface area contributed by atoms with Crippen LogP contribution in [0.5, 0.6) is 0 Å². The Morgan fingerprint density at radius 2 is 0.824 bits per heavy atom. The van der Waals surface area contributed by atoms with Crippen LogP contribution in [0, 0.1) is 0 Å². The summed E-state index contributed by atoms with van der Waals surface area (Å²) in [7, 11) is 0. The van der Waals surface area contributed by atoms with Crippen LogP contribution in [0.25, 0.3) is 0 Å². The van der Waals surface area contributed by atoms with Crippen molar-refractivity contribution in [1.29, 1.82) is 0 Å². The molecule has 0 amide bonds. The summed E-state index contributed by atoms with van der Waals surface area (Å²) < 4.78 is 0. The van der Waals surface area contributed by atoms with Crippen LogP contribution in [-0.2, 0) is 0 Å². The molecular weight excluding hydrogens is 198 g/mol. The summed E-state index contributed by atoms with van der Waals surface area (Å²) in [4.78, 5) is 0. The van der Waals surface area contributed by atoms with E-state index in [4.69, 9.17) is 0 Å². The van der Waals surface area contributed by atoms with Crippen molar-refractivity contribution in [2.24, 2.45) is 0 Å². The first-order chi connectivity index (χ1) is 7.85. The van der Waals surface area contributed by atoms with Gasteiger partial charge in [-0.25, -0.2) is 0 Å². The van der Waals surface area contributed by atoms with Crippen LogP contribution in [0.3, 0.4) is 0 Å². The number of hydrogen-bond donors (Lipinski definition) is 0. The van der Waals surface area contributed by atoms with Crippen LogP contribution in [-0.4, -0.2) is 25.6 Å². The molecule has 0 aromatic rings. The molecule has 0 unspecified atom stereocenters. The van der Waals surface area contributed by atoms with Gasteiger partial charge in [-0.05, 0) is 0 Å². The van der Waals surface area contributed by atoms with Crippen LogP contribution in [0.15, 0.2) is 0 Å². The summed E-state index contributed by atoms with van der Waals surface area (Å²) in [5.41, 5.74) is 0. The summed E-state index contributed by atoms with van der Waals surface area (Å²) in [6.45, 7) is 7.97. The maximum atomic E-state index is 2.31. The zero-order chi connectivity index (χ0) is 12.1.